The summed E-state index contributed by atoms with van der Waals surface area (Å²) in [5.41, 5.74) is -0.761. The molecule has 0 radical (unpaired) electrons. The number of carbonyl (C=O) groups excluding carboxylic acids is 10. The van der Waals surface area contributed by atoms with E-state index in [2.05, 4.69) is 26.6 Å². The molecule has 2 aromatic carbocycles. The van der Waals surface area contributed by atoms with Crippen LogP contribution in [0.15, 0.2) is 48.5 Å². The molecule has 5 N–H and O–H groups in total. The zero-order chi connectivity index (χ0) is 56.1. The van der Waals surface area contributed by atoms with Crippen LogP contribution in [-0.4, -0.2) is 137 Å². The normalized spacial score (nSPS) is 23.6. The van der Waals surface area contributed by atoms with Crippen LogP contribution in [0.3, 0.4) is 0 Å². The van der Waals surface area contributed by atoms with Gasteiger partial charge in [0, 0.05) is 80.0 Å². The minimum atomic E-state index is -1.13. The standard InChI is InChI=1S/C56H76F2N8O10/c1-11-30(2)50(72)63-49(56(7,8)9)48(71)36-20-21-40-46(36)37(51(73)61-34-16-12-32(57)13-17-34)28-65(40)44(69)23-22-42(67)53(75)60-27-45(70)66-29-38(52(74)62-35-18-14-33(58)15-19-35)47-41(66)24-25-64(47)54(76)39(55(4,5)6)26-43(68)31(3)59-10/h12-19,30-31,36-41,46-47,49,59H,11,20-29H2,1-10H3,(H,60,75)(H,61,73)(H,62,74)(H,63,72)/t30-,31+,36?,37+,38+,39-,40-,41-,46-,47-,49-/m1/s1. The van der Waals surface area contributed by atoms with Crippen molar-refractivity contribution in [1.82, 2.24) is 30.7 Å². The summed E-state index contributed by atoms with van der Waals surface area (Å²) in [7, 11) is 1.65. The number of benzene rings is 2. The number of amides is 7. The van der Waals surface area contributed by atoms with Crippen molar-refractivity contribution in [2.24, 2.45) is 46.3 Å². The largest absolute Gasteiger partial charge is 0.346 e. The number of likely N-dealkylation sites (N-methyl/N-ethyl adjacent to an activating group) is 1. The molecule has 76 heavy (non-hydrogen) atoms. The van der Waals surface area contributed by atoms with E-state index in [0.29, 0.717) is 30.6 Å². The second-order valence-corrected chi connectivity index (χ2v) is 23.2. The molecule has 0 bridgehead atoms. The first-order valence-corrected chi connectivity index (χ1v) is 26.5. The number of anilines is 2. The number of nitrogens with one attached hydrogen (secondary N) is 5. The number of hydrogen-bond donors (Lipinski definition) is 5. The minimum absolute atomic E-state index is 0.0607. The summed E-state index contributed by atoms with van der Waals surface area (Å²) < 4.78 is 27.6. The van der Waals surface area contributed by atoms with Crippen molar-refractivity contribution in [2.45, 2.75) is 137 Å². The number of nitrogens with zero attached hydrogens (tertiary/aromatic N) is 3. The second-order valence-electron chi connectivity index (χ2n) is 23.2. The highest BCUT2D eigenvalue weighted by Gasteiger charge is 2.58. The van der Waals surface area contributed by atoms with Gasteiger partial charge in [0.2, 0.25) is 41.2 Å². The van der Waals surface area contributed by atoms with Crippen LogP contribution in [0.5, 0.6) is 0 Å². The lowest BCUT2D eigenvalue weighted by atomic mass is 9.74. The van der Waals surface area contributed by atoms with Gasteiger partial charge >= 0.3 is 0 Å². The molecule has 4 aliphatic rings. The van der Waals surface area contributed by atoms with E-state index in [1.807, 2.05) is 48.5 Å². The van der Waals surface area contributed by atoms with Crippen LogP contribution >= 0.6 is 0 Å². The lowest BCUT2D eigenvalue weighted by Gasteiger charge is -2.36. The monoisotopic (exact) mass is 1060 g/mol. The van der Waals surface area contributed by atoms with Gasteiger partial charge in [-0.2, -0.15) is 0 Å². The van der Waals surface area contributed by atoms with Crippen molar-refractivity contribution in [3.63, 3.8) is 0 Å². The third-order valence-corrected chi connectivity index (χ3v) is 16.1. The van der Waals surface area contributed by atoms with Crippen LogP contribution in [-0.2, 0) is 47.9 Å². The van der Waals surface area contributed by atoms with E-state index in [1.165, 1.54) is 58.3 Å². The summed E-state index contributed by atoms with van der Waals surface area (Å²) >= 11 is 0. The van der Waals surface area contributed by atoms with Crippen LogP contribution in [0.4, 0.5) is 20.2 Å². The molecule has 7 amide bonds. The smallest absolute Gasteiger partial charge is 0.287 e. The van der Waals surface area contributed by atoms with Gasteiger partial charge in [-0.05, 0) is 99.0 Å². The Balaban J connectivity index is 1.13. The molecule has 2 aromatic rings. The number of rotatable bonds is 20. The van der Waals surface area contributed by atoms with E-state index in [9.17, 15) is 56.7 Å². The summed E-state index contributed by atoms with van der Waals surface area (Å²) in [6, 6.07) is 6.81. The number of carbonyl (C=O) groups is 10. The molecule has 3 aliphatic heterocycles. The Bertz CT molecular complexity index is 2370. The first-order valence-electron chi connectivity index (χ1n) is 26.5. The zero-order valence-corrected chi connectivity index (χ0v) is 45.4. The van der Waals surface area contributed by atoms with Crippen LogP contribution in [0, 0.1) is 58.0 Å². The van der Waals surface area contributed by atoms with Crippen molar-refractivity contribution in [3.8, 4) is 0 Å². The number of ketones is 3. The molecule has 6 rings (SSSR count). The highest BCUT2D eigenvalue weighted by molar-refractivity contribution is 6.36. The fourth-order valence-electron chi connectivity index (χ4n) is 11.4. The molecule has 3 saturated heterocycles. The van der Waals surface area contributed by atoms with Gasteiger partial charge in [-0.1, -0.05) is 55.4 Å². The number of Topliss-reactive ketones (excluding diaryl/α,β-unsaturated/α-hetero) is 3. The van der Waals surface area contributed by atoms with E-state index in [1.54, 1.807) is 25.8 Å². The summed E-state index contributed by atoms with van der Waals surface area (Å²) in [6.45, 7) is 15.7. The van der Waals surface area contributed by atoms with Gasteiger partial charge < -0.3 is 41.3 Å². The Hall–Kier alpha value is -6.44. The molecule has 11 atom stereocenters. The quantitative estimate of drug-likeness (QED) is 0.114. The SMILES string of the molecule is CC[C@@H](C)C(=O)N[C@H](C(=O)C1CC[C@@H]2[C@H]1[C@@H](C(=O)Nc1ccc(F)cc1)CN2C(=O)CCC(=O)C(=O)NCC(=O)N1C[C@H](C(=O)Nc2ccc(F)cc2)[C@@H]2[C@H]1CCN2C(=O)[C@@H](CC(=O)[C@H](C)NC)C(C)(C)C)C(C)(C)C. The Kier molecular flexibility index (Phi) is 18.8. The first kappa shape index (κ1) is 58.8. The zero-order valence-electron chi connectivity index (χ0n) is 45.4. The third kappa shape index (κ3) is 13.4. The van der Waals surface area contributed by atoms with Gasteiger partial charge in [-0.15, -0.1) is 0 Å². The Morgan fingerprint density at radius 2 is 1.22 bits per heavy atom. The van der Waals surface area contributed by atoms with Gasteiger partial charge in [-0.25, -0.2) is 8.78 Å². The number of likely N-dealkylation sites (tertiary alicyclic amines) is 3. The topological polar surface area (TPSA) is 241 Å². The highest BCUT2D eigenvalue weighted by Crippen LogP contribution is 2.48. The fourth-order valence-corrected chi connectivity index (χ4v) is 11.4. The third-order valence-electron chi connectivity index (χ3n) is 16.1. The van der Waals surface area contributed by atoms with Gasteiger partial charge in [0.25, 0.3) is 5.91 Å². The van der Waals surface area contributed by atoms with E-state index in [0.717, 1.165) is 0 Å². The molecule has 4 fully saturated rings. The molecule has 0 aromatic heterocycles. The summed E-state index contributed by atoms with van der Waals surface area (Å²) in [5, 5.41) is 13.8. The van der Waals surface area contributed by atoms with Crippen molar-refractivity contribution in [3.05, 3.63) is 60.2 Å². The Labute approximate surface area is 443 Å². The van der Waals surface area contributed by atoms with Crippen LogP contribution in [0.2, 0.25) is 0 Å². The number of halogens is 2. The first-order chi connectivity index (χ1) is 35.7. The van der Waals surface area contributed by atoms with Gasteiger partial charge in [0.1, 0.15) is 17.4 Å². The fraction of sp³-hybridized carbons (Fsp3) is 0.607. The average molecular weight is 1060 g/mol. The van der Waals surface area contributed by atoms with Crippen molar-refractivity contribution in [1.29, 1.82) is 0 Å². The van der Waals surface area contributed by atoms with Crippen molar-refractivity contribution in [2.75, 3.05) is 43.9 Å². The molecular weight excluding hydrogens is 983 g/mol. The van der Waals surface area contributed by atoms with E-state index >= 15 is 0 Å². The molecular formula is C56H76F2N8O10. The molecule has 3 heterocycles. The molecule has 1 aliphatic carbocycles. The average Bonchev–Trinajstić information content (AvgIpc) is 4.19. The van der Waals surface area contributed by atoms with Crippen LogP contribution in [0.1, 0.15) is 107 Å². The van der Waals surface area contributed by atoms with Gasteiger partial charge in [0.15, 0.2) is 5.78 Å². The summed E-state index contributed by atoms with van der Waals surface area (Å²) in [6.07, 6.45) is 0.482. The lowest BCUT2D eigenvalue weighted by Crippen LogP contribution is -2.53. The van der Waals surface area contributed by atoms with Crippen molar-refractivity contribution >= 4 is 70.1 Å². The summed E-state index contributed by atoms with van der Waals surface area (Å²) in [4.78, 5) is 143. The van der Waals surface area contributed by atoms with Crippen LogP contribution in [0.25, 0.3) is 0 Å². The maximum Gasteiger partial charge on any atom is 0.287 e. The van der Waals surface area contributed by atoms with E-state index < -0.39 is 137 Å². The van der Waals surface area contributed by atoms with Crippen molar-refractivity contribution < 1.29 is 56.7 Å². The molecule has 0 spiro atoms. The Morgan fingerprint density at radius 3 is 1.76 bits per heavy atom. The molecule has 18 nitrogen and oxygen atoms in total. The minimum Gasteiger partial charge on any atom is -0.346 e. The van der Waals surface area contributed by atoms with Gasteiger partial charge in [-0.3, -0.25) is 47.9 Å². The van der Waals surface area contributed by atoms with Crippen LogP contribution < -0.4 is 26.6 Å². The lowest BCUT2D eigenvalue weighted by molar-refractivity contribution is -0.144. The number of fused-ring (bicyclic) bond motifs is 2. The van der Waals surface area contributed by atoms with Gasteiger partial charge in [0.05, 0.1) is 42.5 Å². The molecule has 1 unspecified atom stereocenters. The Morgan fingerprint density at radius 1 is 0.671 bits per heavy atom. The molecule has 414 valence electrons. The van der Waals surface area contributed by atoms with E-state index in [-0.39, 0.29) is 61.8 Å². The predicted octanol–water partition coefficient (Wildman–Crippen LogP) is 4.66. The van der Waals surface area contributed by atoms with E-state index in [4.69, 9.17) is 0 Å². The maximum absolute atomic E-state index is 14.6. The number of hydrogen-bond acceptors (Lipinski definition) is 11. The summed E-state index contributed by atoms with van der Waals surface area (Å²) in [5.74, 6) is -10.7. The second kappa shape index (κ2) is 24.3. The maximum atomic E-state index is 14.6. The molecule has 20 heteroatoms. The highest BCUT2D eigenvalue weighted by atomic mass is 19.1. The molecule has 1 saturated carbocycles. The predicted molar refractivity (Wildman–Crippen MR) is 279 cm³/mol.